The summed E-state index contributed by atoms with van der Waals surface area (Å²) in [5.41, 5.74) is 6.17. The van der Waals surface area contributed by atoms with Crippen LogP contribution in [0.25, 0.3) is 0 Å². The third-order valence-electron chi connectivity index (χ3n) is 3.12. The molecule has 0 saturated carbocycles. The van der Waals surface area contributed by atoms with Crippen molar-refractivity contribution in [2.45, 2.75) is 13.8 Å². The van der Waals surface area contributed by atoms with E-state index in [2.05, 4.69) is 10.9 Å². The number of hydrogen-bond donors (Lipinski definition) is 2. The number of amides is 2. The molecule has 0 saturated heterocycles. The fourth-order valence-corrected chi connectivity index (χ4v) is 1.98. The summed E-state index contributed by atoms with van der Waals surface area (Å²) in [6.45, 7) is 3.57. The molecule has 2 aromatic carbocycles. The Labute approximate surface area is 133 Å². The summed E-state index contributed by atoms with van der Waals surface area (Å²) in [6, 6.07) is 11.1. The van der Waals surface area contributed by atoms with Gasteiger partial charge in [0, 0.05) is 0 Å². The van der Waals surface area contributed by atoms with Gasteiger partial charge in [0.05, 0.1) is 5.56 Å². The molecule has 0 spiro atoms. The Balaban J connectivity index is 1.83. The Morgan fingerprint density at radius 2 is 1.83 bits per heavy atom. The lowest BCUT2D eigenvalue weighted by Crippen LogP contribution is -2.44. The van der Waals surface area contributed by atoms with Crippen LogP contribution in [0.2, 0.25) is 0 Å². The summed E-state index contributed by atoms with van der Waals surface area (Å²) in [6.07, 6.45) is 0. The molecule has 23 heavy (non-hydrogen) atoms. The van der Waals surface area contributed by atoms with Crippen LogP contribution >= 0.6 is 0 Å². The Kier molecular flexibility index (Phi) is 5.30. The van der Waals surface area contributed by atoms with E-state index < -0.39 is 17.6 Å². The van der Waals surface area contributed by atoms with E-state index in [4.69, 9.17) is 4.74 Å². The van der Waals surface area contributed by atoms with Crippen LogP contribution in [0.15, 0.2) is 42.5 Å². The van der Waals surface area contributed by atoms with Crippen molar-refractivity contribution in [3.63, 3.8) is 0 Å². The molecule has 120 valence electrons. The molecule has 5 nitrogen and oxygen atoms in total. The van der Waals surface area contributed by atoms with Gasteiger partial charge in [-0.3, -0.25) is 20.4 Å². The zero-order chi connectivity index (χ0) is 16.8. The average molecular weight is 316 g/mol. The monoisotopic (exact) mass is 316 g/mol. The van der Waals surface area contributed by atoms with Gasteiger partial charge in [-0.05, 0) is 37.6 Å². The highest BCUT2D eigenvalue weighted by Gasteiger charge is 2.12. The van der Waals surface area contributed by atoms with Gasteiger partial charge in [-0.2, -0.15) is 0 Å². The quantitative estimate of drug-likeness (QED) is 0.851. The molecular formula is C17H17FN2O3. The molecule has 0 aromatic heterocycles. The van der Waals surface area contributed by atoms with Gasteiger partial charge in [-0.15, -0.1) is 0 Å². The zero-order valence-corrected chi connectivity index (χ0v) is 12.9. The highest BCUT2D eigenvalue weighted by molar-refractivity contribution is 5.95. The smallest absolute Gasteiger partial charge is 0.276 e. The fourth-order valence-electron chi connectivity index (χ4n) is 1.98. The maximum absolute atomic E-state index is 13.4. The number of hydrogen-bond acceptors (Lipinski definition) is 3. The van der Waals surface area contributed by atoms with Gasteiger partial charge >= 0.3 is 0 Å². The SMILES string of the molecule is Cc1ccc(OCC(=O)NNC(=O)c2ccccc2F)c(C)c1. The van der Waals surface area contributed by atoms with Gasteiger partial charge in [0.1, 0.15) is 11.6 Å². The van der Waals surface area contributed by atoms with Crippen molar-refractivity contribution in [3.05, 3.63) is 65.0 Å². The minimum Gasteiger partial charge on any atom is -0.483 e. The molecule has 0 aliphatic rings. The van der Waals surface area contributed by atoms with Crippen molar-refractivity contribution in [1.29, 1.82) is 0 Å². The van der Waals surface area contributed by atoms with Gasteiger partial charge in [0.25, 0.3) is 11.8 Å². The van der Waals surface area contributed by atoms with E-state index in [0.717, 1.165) is 11.1 Å². The van der Waals surface area contributed by atoms with Gasteiger partial charge < -0.3 is 4.74 Å². The highest BCUT2D eigenvalue weighted by Crippen LogP contribution is 2.18. The van der Waals surface area contributed by atoms with Crippen LogP contribution in [0.3, 0.4) is 0 Å². The van der Waals surface area contributed by atoms with Crippen LogP contribution in [-0.4, -0.2) is 18.4 Å². The Morgan fingerprint density at radius 3 is 2.52 bits per heavy atom. The first-order valence-electron chi connectivity index (χ1n) is 7.01. The van der Waals surface area contributed by atoms with Crippen molar-refractivity contribution in [3.8, 4) is 5.75 Å². The standard InChI is InChI=1S/C17H17FN2O3/c1-11-7-8-15(12(2)9-11)23-10-16(21)19-20-17(22)13-5-3-4-6-14(13)18/h3-9H,10H2,1-2H3,(H,19,21)(H,20,22). The Hall–Kier alpha value is -2.89. The summed E-state index contributed by atoms with van der Waals surface area (Å²) in [5, 5.41) is 0. The second kappa shape index (κ2) is 7.40. The maximum Gasteiger partial charge on any atom is 0.276 e. The van der Waals surface area contributed by atoms with Gasteiger partial charge in [0.15, 0.2) is 6.61 Å². The van der Waals surface area contributed by atoms with E-state index >= 15 is 0 Å². The van der Waals surface area contributed by atoms with E-state index in [1.54, 1.807) is 6.07 Å². The van der Waals surface area contributed by atoms with Crippen LogP contribution in [0.4, 0.5) is 4.39 Å². The number of nitrogens with one attached hydrogen (secondary N) is 2. The molecule has 0 aliphatic carbocycles. The summed E-state index contributed by atoms with van der Waals surface area (Å²) in [4.78, 5) is 23.4. The summed E-state index contributed by atoms with van der Waals surface area (Å²) in [7, 11) is 0. The molecule has 2 N–H and O–H groups in total. The van der Waals surface area contributed by atoms with Crippen LogP contribution in [-0.2, 0) is 4.79 Å². The minimum atomic E-state index is -0.733. The number of halogens is 1. The van der Waals surface area contributed by atoms with Crippen LogP contribution in [0.5, 0.6) is 5.75 Å². The molecule has 2 aromatic rings. The molecule has 0 aliphatic heterocycles. The van der Waals surface area contributed by atoms with Crippen molar-refractivity contribution in [1.82, 2.24) is 10.9 Å². The first kappa shape index (κ1) is 16.5. The van der Waals surface area contributed by atoms with Crippen LogP contribution in [0.1, 0.15) is 21.5 Å². The van der Waals surface area contributed by atoms with Crippen LogP contribution in [0, 0.1) is 19.7 Å². The predicted octanol–water partition coefficient (Wildman–Crippen LogP) is 2.28. The van der Waals surface area contributed by atoms with Crippen molar-refractivity contribution >= 4 is 11.8 Å². The molecule has 0 atom stereocenters. The maximum atomic E-state index is 13.4. The number of carbonyl (C=O) groups excluding carboxylic acids is 2. The highest BCUT2D eigenvalue weighted by atomic mass is 19.1. The van der Waals surface area contributed by atoms with Crippen molar-refractivity contribution in [2.75, 3.05) is 6.61 Å². The Bertz CT molecular complexity index is 732. The van der Waals surface area contributed by atoms with Gasteiger partial charge in [-0.1, -0.05) is 29.8 Å². The lowest BCUT2D eigenvalue weighted by molar-refractivity contribution is -0.123. The number of carbonyl (C=O) groups is 2. The number of aryl methyl sites for hydroxylation is 2. The molecule has 2 amide bonds. The van der Waals surface area contributed by atoms with Gasteiger partial charge in [-0.25, -0.2) is 4.39 Å². The third kappa shape index (κ3) is 4.54. The normalized spacial score (nSPS) is 10.0. The van der Waals surface area contributed by atoms with Gasteiger partial charge in [0.2, 0.25) is 0 Å². The zero-order valence-electron chi connectivity index (χ0n) is 12.9. The molecular weight excluding hydrogens is 299 g/mol. The molecule has 0 heterocycles. The average Bonchev–Trinajstić information content (AvgIpc) is 2.52. The predicted molar refractivity (Wildman–Crippen MR) is 83.4 cm³/mol. The van der Waals surface area contributed by atoms with Crippen molar-refractivity contribution < 1.29 is 18.7 Å². The molecule has 2 rings (SSSR count). The first-order valence-corrected chi connectivity index (χ1v) is 7.01. The topological polar surface area (TPSA) is 67.4 Å². The van der Waals surface area contributed by atoms with E-state index in [9.17, 15) is 14.0 Å². The molecule has 0 unspecified atom stereocenters. The van der Waals surface area contributed by atoms with E-state index in [1.807, 2.05) is 26.0 Å². The van der Waals surface area contributed by atoms with E-state index in [-0.39, 0.29) is 12.2 Å². The number of benzene rings is 2. The molecule has 0 radical (unpaired) electrons. The summed E-state index contributed by atoms with van der Waals surface area (Å²) >= 11 is 0. The summed E-state index contributed by atoms with van der Waals surface area (Å²) in [5.74, 6) is -1.35. The minimum absolute atomic E-state index is 0.150. The van der Waals surface area contributed by atoms with Crippen molar-refractivity contribution in [2.24, 2.45) is 0 Å². The number of rotatable bonds is 4. The summed E-state index contributed by atoms with van der Waals surface area (Å²) < 4.78 is 18.8. The number of hydrazine groups is 1. The number of ether oxygens (including phenoxy) is 1. The largest absolute Gasteiger partial charge is 0.483 e. The van der Waals surface area contributed by atoms with Crippen LogP contribution < -0.4 is 15.6 Å². The molecule has 0 fully saturated rings. The lowest BCUT2D eigenvalue weighted by atomic mass is 10.1. The fraction of sp³-hybridized carbons (Fsp3) is 0.176. The van der Waals surface area contributed by atoms with E-state index in [0.29, 0.717) is 5.75 Å². The van der Waals surface area contributed by atoms with E-state index in [1.165, 1.54) is 24.3 Å². The Morgan fingerprint density at radius 1 is 1.09 bits per heavy atom. The lowest BCUT2D eigenvalue weighted by Gasteiger charge is -2.11. The first-order chi connectivity index (χ1) is 11.0. The second-order valence-electron chi connectivity index (χ2n) is 5.04. The molecule has 0 bridgehead atoms. The third-order valence-corrected chi connectivity index (χ3v) is 3.12. The second-order valence-corrected chi connectivity index (χ2v) is 5.04. The molecule has 6 heteroatoms.